The molecule has 2 aromatic carbocycles. The van der Waals surface area contributed by atoms with Gasteiger partial charge >= 0.3 is 0 Å². The van der Waals surface area contributed by atoms with Crippen LogP contribution in [0.1, 0.15) is 79.8 Å². The normalized spacial score (nSPS) is 22.2. The first-order valence-corrected chi connectivity index (χ1v) is 15.5. The first-order valence-electron chi connectivity index (χ1n) is 14.6. The average molecular weight is 572 g/mol. The number of likely N-dealkylation sites (tertiary alicyclic amines) is 1. The van der Waals surface area contributed by atoms with Crippen LogP contribution >= 0.6 is 11.3 Å². The molecule has 3 fully saturated rings. The minimum atomic E-state index is -0.474. The number of hydrogen-bond acceptors (Lipinski definition) is 6. The fourth-order valence-corrected chi connectivity index (χ4v) is 7.46. The average Bonchev–Trinajstić information content (AvgIpc) is 3.64. The number of hydrogen-bond donors (Lipinski definition) is 1. The van der Waals surface area contributed by atoms with Crippen LogP contribution in [0.2, 0.25) is 0 Å². The highest BCUT2D eigenvalue weighted by Crippen LogP contribution is 2.51. The van der Waals surface area contributed by atoms with E-state index in [1.807, 2.05) is 24.3 Å². The molecule has 2 atom stereocenters. The van der Waals surface area contributed by atoms with E-state index in [1.165, 1.54) is 23.5 Å². The van der Waals surface area contributed by atoms with E-state index in [2.05, 4.69) is 6.07 Å². The number of thiazole rings is 1. The van der Waals surface area contributed by atoms with Crippen molar-refractivity contribution in [2.45, 2.75) is 69.8 Å². The number of halogens is 1. The zero-order chi connectivity index (χ0) is 28.6. The van der Waals surface area contributed by atoms with Gasteiger partial charge in [0.15, 0.2) is 0 Å². The van der Waals surface area contributed by atoms with Crippen molar-refractivity contribution in [2.75, 3.05) is 13.1 Å². The molecule has 1 aromatic heterocycles. The van der Waals surface area contributed by atoms with Crippen LogP contribution in [-0.4, -0.2) is 45.9 Å². The van der Waals surface area contributed by atoms with E-state index < -0.39 is 5.41 Å². The number of aromatic nitrogens is 1. The molecule has 6 nitrogen and oxygen atoms in total. The largest absolute Gasteiger partial charge is 0.393 e. The third-order valence-electron chi connectivity index (χ3n) is 9.02. The summed E-state index contributed by atoms with van der Waals surface area (Å²) in [5, 5.41) is 20.2. The molecule has 3 aliphatic rings. The number of carbonyl (C=O) groups is 2. The SMILES string of the molecule is N#CC1(CC(=O)[C@@H]2CCCC[C@H]2c2nc(-c3ccc(F)cc3)sc2-c2ccc(C(=O)N3CCC(O)CC3)cc2)CC1. The third kappa shape index (κ3) is 5.84. The second kappa shape index (κ2) is 11.5. The molecule has 0 radical (unpaired) electrons. The molecule has 1 saturated heterocycles. The van der Waals surface area contributed by atoms with Crippen LogP contribution in [0.3, 0.4) is 0 Å². The van der Waals surface area contributed by atoms with E-state index in [0.717, 1.165) is 65.2 Å². The van der Waals surface area contributed by atoms with Gasteiger partial charge in [-0.3, -0.25) is 9.59 Å². The van der Waals surface area contributed by atoms with Gasteiger partial charge in [0.2, 0.25) is 0 Å². The topological polar surface area (TPSA) is 94.3 Å². The number of Topliss-reactive ketones (excluding diaryl/α,β-unsaturated/α-hetero) is 1. The molecule has 0 bridgehead atoms. The molecule has 0 unspecified atom stereocenters. The van der Waals surface area contributed by atoms with Crippen LogP contribution in [0.4, 0.5) is 4.39 Å². The molecule has 1 N–H and O–H groups in total. The number of carbonyl (C=O) groups excluding carboxylic acids is 2. The molecule has 1 aliphatic heterocycles. The van der Waals surface area contributed by atoms with Gasteiger partial charge < -0.3 is 10.0 Å². The highest BCUT2D eigenvalue weighted by atomic mass is 32.1. The van der Waals surface area contributed by atoms with Crippen molar-refractivity contribution in [3.05, 3.63) is 65.6 Å². The third-order valence-corrected chi connectivity index (χ3v) is 10.2. The summed E-state index contributed by atoms with van der Waals surface area (Å²) >= 11 is 1.53. The Bertz CT molecular complexity index is 1460. The van der Waals surface area contributed by atoms with E-state index in [1.54, 1.807) is 17.0 Å². The van der Waals surface area contributed by atoms with Gasteiger partial charge in [-0.25, -0.2) is 9.37 Å². The van der Waals surface area contributed by atoms with Gasteiger partial charge in [0.1, 0.15) is 16.6 Å². The summed E-state index contributed by atoms with van der Waals surface area (Å²) in [6.45, 7) is 1.10. The Morgan fingerprint density at radius 3 is 2.32 bits per heavy atom. The molecular formula is C33H34FN3O3S. The van der Waals surface area contributed by atoms with Crippen molar-refractivity contribution >= 4 is 23.0 Å². The van der Waals surface area contributed by atoms with E-state index >= 15 is 0 Å². The van der Waals surface area contributed by atoms with Gasteiger partial charge in [-0.15, -0.1) is 11.3 Å². The lowest BCUT2D eigenvalue weighted by Gasteiger charge is -2.31. The van der Waals surface area contributed by atoms with Gasteiger partial charge in [0.25, 0.3) is 5.91 Å². The number of aliphatic hydroxyl groups excluding tert-OH is 1. The standard InChI is InChI=1S/C33H34FN3O3S/c34-24-11-9-22(10-12-24)31-36-29(27-4-2-1-3-26(27)28(39)19-33(20-35)15-16-33)30(41-31)21-5-7-23(8-6-21)32(40)37-17-13-25(38)14-18-37/h5-12,25-27,38H,1-4,13-19H2/t26-,27-/m1/s1. The van der Waals surface area contributed by atoms with Crippen molar-refractivity contribution in [3.8, 4) is 27.1 Å². The lowest BCUT2D eigenvalue weighted by atomic mass is 9.73. The minimum absolute atomic E-state index is 0.0376. The fraction of sp³-hybridized carbons (Fsp3) is 0.455. The van der Waals surface area contributed by atoms with Gasteiger partial charge in [-0.2, -0.15) is 5.26 Å². The Labute approximate surface area is 243 Å². The second-order valence-corrected chi connectivity index (χ2v) is 12.9. The van der Waals surface area contributed by atoms with E-state index in [9.17, 15) is 24.3 Å². The van der Waals surface area contributed by atoms with Crippen molar-refractivity contribution in [1.29, 1.82) is 5.26 Å². The van der Waals surface area contributed by atoms with E-state index in [-0.39, 0.29) is 35.4 Å². The van der Waals surface area contributed by atoms with E-state index in [4.69, 9.17) is 4.98 Å². The van der Waals surface area contributed by atoms with Crippen molar-refractivity contribution in [1.82, 2.24) is 9.88 Å². The van der Waals surface area contributed by atoms with Gasteiger partial charge in [0.05, 0.1) is 28.2 Å². The molecule has 2 heterocycles. The molecule has 1 amide bonds. The van der Waals surface area contributed by atoms with Crippen molar-refractivity contribution < 1.29 is 19.1 Å². The molecule has 3 aromatic rings. The molecule has 41 heavy (non-hydrogen) atoms. The quantitative estimate of drug-likeness (QED) is 0.339. The zero-order valence-electron chi connectivity index (χ0n) is 23.0. The van der Waals surface area contributed by atoms with Crippen LogP contribution in [-0.2, 0) is 4.79 Å². The molecular weight excluding hydrogens is 537 g/mol. The monoisotopic (exact) mass is 571 g/mol. The first kappa shape index (κ1) is 27.7. The Kier molecular flexibility index (Phi) is 7.76. The Balaban J connectivity index is 1.33. The number of ketones is 1. The second-order valence-electron chi connectivity index (χ2n) is 11.9. The molecule has 2 aliphatic carbocycles. The predicted molar refractivity (Wildman–Crippen MR) is 156 cm³/mol. The number of nitrogens with zero attached hydrogens (tertiary/aromatic N) is 3. The van der Waals surface area contributed by atoms with Gasteiger partial charge in [-0.1, -0.05) is 25.0 Å². The maximum absolute atomic E-state index is 13.7. The highest BCUT2D eigenvalue weighted by Gasteiger charge is 2.47. The van der Waals surface area contributed by atoms with Crippen LogP contribution in [0.5, 0.6) is 0 Å². The number of nitriles is 1. The van der Waals surface area contributed by atoms with Crippen molar-refractivity contribution in [3.63, 3.8) is 0 Å². The maximum Gasteiger partial charge on any atom is 0.253 e. The summed E-state index contributed by atoms with van der Waals surface area (Å²) in [5.41, 5.74) is 2.77. The summed E-state index contributed by atoms with van der Waals surface area (Å²) < 4.78 is 13.7. The van der Waals surface area contributed by atoms with Crippen LogP contribution in [0.15, 0.2) is 48.5 Å². The molecule has 8 heteroatoms. The number of piperidine rings is 1. The van der Waals surface area contributed by atoms with Crippen LogP contribution < -0.4 is 0 Å². The Morgan fingerprint density at radius 1 is 1.00 bits per heavy atom. The molecule has 212 valence electrons. The maximum atomic E-state index is 13.7. The highest BCUT2D eigenvalue weighted by molar-refractivity contribution is 7.18. The molecule has 0 spiro atoms. The molecule has 2 saturated carbocycles. The Morgan fingerprint density at radius 2 is 1.66 bits per heavy atom. The van der Waals surface area contributed by atoms with E-state index in [0.29, 0.717) is 37.9 Å². The predicted octanol–water partition coefficient (Wildman–Crippen LogP) is 6.75. The summed E-state index contributed by atoms with van der Waals surface area (Å²) in [5.74, 6) is -0.397. The Hall–Kier alpha value is -3.41. The van der Waals surface area contributed by atoms with Gasteiger partial charge in [0, 0.05) is 42.5 Å². The molecule has 6 rings (SSSR count). The fourth-order valence-electron chi connectivity index (χ4n) is 6.31. The lowest BCUT2D eigenvalue weighted by molar-refractivity contribution is -0.125. The number of benzene rings is 2. The smallest absolute Gasteiger partial charge is 0.253 e. The zero-order valence-corrected chi connectivity index (χ0v) is 23.8. The summed E-state index contributed by atoms with van der Waals surface area (Å²) in [4.78, 5) is 34.5. The summed E-state index contributed by atoms with van der Waals surface area (Å²) in [7, 11) is 0. The number of rotatable bonds is 7. The van der Waals surface area contributed by atoms with Crippen LogP contribution in [0.25, 0.3) is 21.0 Å². The number of amides is 1. The summed E-state index contributed by atoms with van der Waals surface area (Å²) in [6.07, 6.45) is 6.41. The van der Waals surface area contributed by atoms with Crippen LogP contribution in [0, 0.1) is 28.5 Å². The summed E-state index contributed by atoms with van der Waals surface area (Å²) in [6, 6.07) is 16.3. The van der Waals surface area contributed by atoms with Crippen molar-refractivity contribution in [2.24, 2.45) is 11.3 Å². The first-order chi connectivity index (χ1) is 19.9. The lowest BCUT2D eigenvalue weighted by Crippen LogP contribution is -2.40. The minimum Gasteiger partial charge on any atom is -0.393 e. The number of aliphatic hydroxyl groups is 1. The van der Waals surface area contributed by atoms with Gasteiger partial charge in [-0.05, 0) is 80.5 Å².